The van der Waals surface area contributed by atoms with Crippen molar-refractivity contribution >= 4 is 16.8 Å². The average Bonchev–Trinajstić information content (AvgIpc) is 3.12. The Labute approximate surface area is 119 Å². The smallest absolute Gasteiger partial charge is 0.251 e. The highest BCUT2D eigenvalue weighted by Crippen LogP contribution is 2.17. The maximum atomic E-state index is 12.2. The standard InChI is InChI=1S/C16H21N3O/c1-2-19-9-3-4-14(19)11-18-16(20)13-6-5-12-7-8-17-15(12)10-13/h5-8,10,14,17H,2-4,9,11H2,1H3,(H,18,20)/t14-/m0/s1. The number of hydrogen-bond donors (Lipinski definition) is 2. The van der Waals surface area contributed by atoms with Gasteiger partial charge >= 0.3 is 0 Å². The van der Waals surface area contributed by atoms with Gasteiger partial charge in [-0.15, -0.1) is 0 Å². The van der Waals surface area contributed by atoms with E-state index in [2.05, 4.69) is 22.1 Å². The van der Waals surface area contributed by atoms with Crippen LogP contribution in [0, 0.1) is 0 Å². The predicted molar refractivity (Wildman–Crippen MR) is 80.9 cm³/mol. The average molecular weight is 271 g/mol. The fourth-order valence-electron chi connectivity index (χ4n) is 3.04. The van der Waals surface area contributed by atoms with Crippen molar-refractivity contribution in [3.05, 3.63) is 36.0 Å². The van der Waals surface area contributed by atoms with Crippen LogP contribution in [0.3, 0.4) is 0 Å². The number of aromatic nitrogens is 1. The summed E-state index contributed by atoms with van der Waals surface area (Å²) in [7, 11) is 0. The van der Waals surface area contributed by atoms with E-state index in [1.807, 2.05) is 30.5 Å². The first-order valence-electron chi connectivity index (χ1n) is 7.37. The van der Waals surface area contributed by atoms with Gasteiger partial charge in [0.25, 0.3) is 5.91 Å². The van der Waals surface area contributed by atoms with Crippen molar-refractivity contribution in [1.82, 2.24) is 15.2 Å². The maximum Gasteiger partial charge on any atom is 0.251 e. The molecule has 1 atom stereocenters. The molecule has 2 heterocycles. The maximum absolute atomic E-state index is 12.2. The van der Waals surface area contributed by atoms with Crippen LogP contribution < -0.4 is 5.32 Å². The van der Waals surface area contributed by atoms with Crippen molar-refractivity contribution in [2.45, 2.75) is 25.8 Å². The van der Waals surface area contributed by atoms with Gasteiger partial charge in [-0.3, -0.25) is 9.69 Å². The summed E-state index contributed by atoms with van der Waals surface area (Å²) in [4.78, 5) is 17.8. The number of carbonyl (C=O) groups is 1. The summed E-state index contributed by atoms with van der Waals surface area (Å²) in [5.74, 6) is 0.0180. The van der Waals surface area contributed by atoms with Crippen LogP contribution in [0.5, 0.6) is 0 Å². The minimum atomic E-state index is 0.0180. The van der Waals surface area contributed by atoms with Crippen LogP contribution in [0.4, 0.5) is 0 Å². The van der Waals surface area contributed by atoms with E-state index < -0.39 is 0 Å². The number of hydrogen-bond acceptors (Lipinski definition) is 2. The SMILES string of the molecule is CCN1CCC[C@H]1CNC(=O)c1ccc2cc[nH]c2c1. The molecule has 4 nitrogen and oxygen atoms in total. The lowest BCUT2D eigenvalue weighted by Crippen LogP contribution is -2.40. The Bertz CT molecular complexity index is 605. The lowest BCUT2D eigenvalue weighted by Gasteiger charge is -2.22. The molecule has 3 rings (SSSR count). The fourth-order valence-corrected chi connectivity index (χ4v) is 3.04. The van der Waals surface area contributed by atoms with E-state index in [0.29, 0.717) is 6.04 Å². The summed E-state index contributed by atoms with van der Waals surface area (Å²) in [5, 5.41) is 4.20. The Morgan fingerprint density at radius 1 is 1.45 bits per heavy atom. The zero-order chi connectivity index (χ0) is 13.9. The molecule has 1 aromatic carbocycles. The van der Waals surface area contributed by atoms with Crippen molar-refractivity contribution in [2.75, 3.05) is 19.6 Å². The van der Waals surface area contributed by atoms with Gasteiger partial charge in [-0.2, -0.15) is 0 Å². The molecule has 20 heavy (non-hydrogen) atoms. The molecule has 1 aliphatic rings. The van der Waals surface area contributed by atoms with Crippen LogP contribution >= 0.6 is 0 Å². The molecule has 0 aliphatic carbocycles. The molecule has 0 spiro atoms. The summed E-state index contributed by atoms with van der Waals surface area (Å²) in [6.45, 7) is 5.15. The summed E-state index contributed by atoms with van der Waals surface area (Å²) < 4.78 is 0. The Morgan fingerprint density at radius 2 is 2.35 bits per heavy atom. The van der Waals surface area contributed by atoms with Crippen molar-refractivity contribution in [3.8, 4) is 0 Å². The molecule has 4 heteroatoms. The zero-order valence-electron chi connectivity index (χ0n) is 11.9. The second-order valence-electron chi connectivity index (χ2n) is 5.41. The van der Waals surface area contributed by atoms with Crippen LogP contribution in [-0.4, -0.2) is 41.5 Å². The number of nitrogens with zero attached hydrogens (tertiary/aromatic N) is 1. The summed E-state index contributed by atoms with van der Waals surface area (Å²) in [6, 6.07) is 8.29. The number of rotatable bonds is 4. The van der Waals surface area contributed by atoms with E-state index in [-0.39, 0.29) is 5.91 Å². The minimum absolute atomic E-state index is 0.0180. The van der Waals surface area contributed by atoms with E-state index in [9.17, 15) is 4.79 Å². The summed E-state index contributed by atoms with van der Waals surface area (Å²) >= 11 is 0. The quantitative estimate of drug-likeness (QED) is 0.897. The van der Waals surface area contributed by atoms with Crippen LogP contribution in [0.15, 0.2) is 30.5 Å². The molecular formula is C16H21N3O. The van der Waals surface area contributed by atoms with Gasteiger partial charge in [0, 0.05) is 29.9 Å². The molecule has 1 amide bonds. The van der Waals surface area contributed by atoms with Crippen molar-refractivity contribution < 1.29 is 4.79 Å². The van der Waals surface area contributed by atoms with Gasteiger partial charge in [0.2, 0.25) is 0 Å². The number of amides is 1. The van der Waals surface area contributed by atoms with Crippen molar-refractivity contribution in [2.24, 2.45) is 0 Å². The van der Waals surface area contributed by atoms with Gasteiger partial charge < -0.3 is 10.3 Å². The number of nitrogens with one attached hydrogen (secondary N) is 2. The summed E-state index contributed by atoms with van der Waals surface area (Å²) in [5.41, 5.74) is 1.73. The molecule has 2 aromatic rings. The topological polar surface area (TPSA) is 48.1 Å². The monoisotopic (exact) mass is 271 g/mol. The van der Waals surface area contributed by atoms with Gasteiger partial charge in [-0.25, -0.2) is 0 Å². The third-order valence-electron chi connectivity index (χ3n) is 4.22. The molecule has 1 saturated heterocycles. The van der Waals surface area contributed by atoms with E-state index >= 15 is 0 Å². The zero-order valence-corrected chi connectivity index (χ0v) is 11.9. The Hall–Kier alpha value is -1.81. The lowest BCUT2D eigenvalue weighted by molar-refractivity contribution is 0.0941. The first kappa shape index (κ1) is 13.2. The lowest BCUT2D eigenvalue weighted by atomic mass is 10.1. The predicted octanol–water partition coefficient (Wildman–Crippen LogP) is 2.38. The van der Waals surface area contributed by atoms with Gasteiger partial charge in [0.05, 0.1) is 0 Å². The summed E-state index contributed by atoms with van der Waals surface area (Å²) in [6.07, 6.45) is 4.32. The van der Waals surface area contributed by atoms with Crippen LogP contribution in [0.25, 0.3) is 10.9 Å². The molecule has 2 N–H and O–H groups in total. The number of benzene rings is 1. The molecule has 1 aliphatic heterocycles. The highest BCUT2D eigenvalue weighted by Gasteiger charge is 2.23. The fraction of sp³-hybridized carbons (Fsp3) is 0.438. The number of carbonyl (C=O) groups excluding carboxylic acids is 1. The van der Waals surface area contributed by atoms with E-state index in [1.54, 1.807) is 0 Å². The van der Waals surface area contributed by atoms with Crippen molar-refractivity contribution in [1.29, 1.82) is 0 Å². The second-order valence-corrected chi connectivity index (χ2v) is 5.41. The Kier molecular flexibility index (Phi) is 3.74. The number of H-pyrrole nitrogens is 1. The molecule has 0 saturated carbocycles. The normalized spacial score (nSPS) is 19.6. The third-order valence-corrected chi connectivity index (χ3v) is 4.22. The Balaban J connectivity index is 1.63. The number of aromatic amines is 1. The Morgan fingerprint density at radius 3 is 3.20 bits per heavy atom. The van der Waals surface area contributed by atoms with Crippen LogP contribution in [-0.2, 0) is 0 Å². The molecule has 1 fully saturated rings. The largest absolute Gasteiger partial charge is 0.361 e. The molecule has 106 valence electrons. The second kappa shape index (κ2) is 5.67. The van der Waals surface area contributed by atoms with Gasteiger partial charge in [0.1, 0.15) is 0 Å². The third kappa shape index (κ3) is 2.56. The number of likely N-dealkylation sites (N-methyl/N-ethyl adjacent to an activating group) is 1. The van der Waals surface area contributed by atoms with Gasteiger partial charge in [-0.1, -0.05) is 13.0 Å². The van der Waals surface area contributed by atoms with Gasteiger partial charge in [-0.05, 0) is 49.5 Å². The molecule has 1 aromatic heterocycles. The molecule has 0 unspecified atom stereocenters. The van der Waals surface area contributed by atoms with Crippen LogP contribution in [0.2, 0.25) is 0 Å². The van der Waals surface area contributed by atoms with E-state index in [0.717, 1.165) is 36.1 Å². The highest BCUT2D eigenvalue weighted by atomic mass is 16.1. The van der Waals surface area contributed by atoms with Gasteiger partial charge in [0.15, 0.2) is 0 Å². The highest BCUT2D eigenvalue weighted by molar-refractivity contribution is 5.97. The van der Waals surface area contributed by atoms with E-state index in [4.69, 9.17) is 0 Å². The van der Waals surface area contributed by atoms with E-state index in [1.165, 1.54) is 12.8 Å². The number of fused-ring (bicyclic) bond motifs is 1. The van der Waals surface area contributed by atoms with Crippen molar-refractivity contribution in [3.63, 3.8) is 0 Å². The first-order chi connectivity index (χ1) is 9.78. The minimum Gasteiger partial charge on any atom is -0.361 e. The number of likely N-dealkylation sites (tertiary alicyclic amines) is 1. The molecule has 0 radical (unpaired) electrons. The molecular weight excluding hydrogens is 250 g/mol. The molecule has 0 bridgehead atoms. The van der Waals surface area contributed by atoms with Crippen LogP contribution in [0.1, 0.15) is 30.1 Å². The first-order valence-corrected chi connectivity index (χ1v) is 7.37.